The van der Waals surface area contributed by atoms with E-state index in [2.05, 4.69) is 18.7 Å². The summed E-state index contributed by atoms with van der Waals surface area (Å²) in [6, 6.07) is 0. The minimum absolute atomic E-state index is 0.137. The molecule has 1 spiro atoms. The topological polar surface area (TPSA) is 74.3 Å². The Labute approximate surface area is 161 Å². The molecule has 6 rings (SSSR count). The molecule has 8 atom stereocenters. The third kappa shape index (κ3) is 2.74. The van der Waals surface area contributed by atoms with Gasteiger partial charge in [-0.15, -0.1) is 0 Å². The minimum atomic E-state index is -2.92. The number of sulfone groups is 1. The molecule has 5 heterocycles. The van der Waals surface area contributed by atoms with E-state index in [1.54, 1.807) is 0 Å². The van der Waals surface area contributed by atoms with E-state index in [1.807, 2.05) is 6.92 Å². The summed E-state index contributed by atoms with van der Waals surface area (Å²) in [5.41, 5.74) is -0.550. The highest BCUT2D eigenvalue weighted by Crippen LogP contribution is 2.60. The molecule has 1 aliphatic carbocycles. The molecule has 8 heteroatoms. The lowest BCUT2D eigenvalue weighted by Gasteiger charge is -2.61. The van der Waals surface area contributed by atoms with Gasteiger partial charge in [0, 0.05) is 31.3 Å². The van der Waals surface area contributed by atoms with E-state index in [-0.39, 0.29) is 29.6 Å². The number of hydrogen-bond donors (Lipinski definition) is 0. The Morgan fingerprint density at radius 3 is 2.48 bits per heavy atom. The summed E-state index contributed by atoms with van der Waals surface area (Å²) in [5, 5.41) is 0. The van der Waals surface area contributed by atoms with Crippen molar-refractivity contribution in [3.05, 3.63) is 0 Å². The number of fused-ring (bicyclic) bond motifs is 2. The van der Waals surface area contributed by atoms with Crippen molar-refractivity contribution in [2.45, 2.75) is 70.4 Å². The van der Waals surface area contributed by atoms with Gasteiger partial charge < -0.3 is 9.47 Å². The van der Waals surface area contributed by atoms with E-state index in [9.17, 15) is 8.42 Å². The predicted molar refractivity (Wildman–Crippen MR) is 97.1 cm³/mol. The first-order valence-electron chi connectivity index (χ1n) is 10.4. The smallest absolute Gasteiger partial charge is 0.201 e. The molecule has 5 saturated heterocycles. The van der Waals surface area contributed by atoms with E-state index in [4.69, 9.17) is 19.2 Å². The molecule has 0 unspecified atom stereocenters. The van der Waals surface area contributed by atoms with Crippen LogP contribution in [0.25, 0.3) is 0 Å². The summed E-state index contributed by atoms with van der Waals surface area (Å²) >= 11 is 0. The Kier molecular flexibility index (Phi) is 4.25. The molecule has 0 aromatic heterocycles. The van der Waals surface area contributed by atoms with Crippen molar-refractivity contribution in [1.82, 2.24) is 4.90 Å². The maximum absolute atomic E-state index is 11.9. The van der Waals surface area contributed by atoms with E-state index < -0.39 is 27.5 Å². The lowest BCUT2D eigenvalue weighted by atomic mass is 9.58. The Morgan fingerprint density at radius 2 is 1.74 bits per heavy atom. The van der Waals surface area contributed by atoms with Gasteiger partial charge in [-0.3, -0.25) is 4.90 Å². The highest BCUT2D eigenvalue weighted by atomic mass is 32.2. The number of rotatable bonds is 1. The average Bonchev–Trinajstić information content (AvgIpc) is 2.85. The SMILES string of the molecule is C[C@H]1[C@H](N2[13CH2][13CH2]S(=O)(=O)[13CH2][13CH2]2)O[C@@H]2O[C@@]3(C)CC[C@H]4[C@H](C)CC[C@@H]1[C@@]24OO3. The number of ether oxygens (including phenoxy) is 2. The van der Waals surface area contributed by atoms with Gasteiger partial charge in [0.15, 0.2) is 21.7 Å². The molecule has 6 fully saturated rings. The summed E-state index contributed by atoms with van der Waals surface area (Å²) < 4.78 is 36.7. The number of nitrogens with zero attached hydrogens (tertiary/aromatic N) is 1. The molecule has 0 N–H and O–H groups in total. The number of hydrogen-bond acceptors (Lipinski definition) is 7. The zero-order chi connectivity index (χ0) is 19.0. The fraction of sp³-hybridized carbons (Fsp3) is 1.00. The Hall–Kier alpha value is -0.250. The van der Waals surface area contributed by atoms with Crippen LogP contribution in [0.4, 0.5) is 0 Å². The van der Waals surface area contributed by atoms with Crippen molar-refractivity contribution in [3.63, 3.8) is 0 Å². The van der Waals surface area contributed by atoms with Crippen molar-refractivity contribution < 1.29 is 27.7 Å². The Morgan fingerprint density at radius 1 is 1.00 bits per heavy atom. The molecular formula is C19H31NO6S. The fourth-order valence-electron chi connectivity index (χ4n) is 6.29. The highest BCUT2D eigenvalue weighted by Gasteiger charge is 2.69. The van der Waals surface area contributed by atoms with Gasteiger partial charge >= 0.3 is 0 Å². The van der Waals surface area contributed by atoms with Crippen molar-refractivity contribution in [2.75, 3.05) is 24.6 Å². The van der Waals surface area contributed by atoms with Crippen molar-refractivity contribution in [2.24, 2.45) is 23.7 Å². The third-order valence-electron chi connectivity index (χ3n) is 7.86. The molecule has 0 aromatic carbocycles. The van der Waals surface area contributed by atoms with Gasteiger partial charge in [0.2, 0.25) is 5.79 Å². The summed E-state index contributed by atoms with van der Waals surface area (Å²) in [6.07, 6.45) is 3.46. The van der Waals surface area contributed by atoms with E-state index in [1.165, 1.54) is 6.42 Å². The van der Waals surface area contributed by atoms with Gasteiger partial charge in [0.1, 0.15) is 6.23 Å². The van der Waals surface area contributed by atoms with Crippen LogP contribution in [0, 0.1) is 23.7 Å². The lowest BCUT2D eigenvalue weighted by molar-refractivity contribution is -0.574. The standard InChI is InChI=1S/C19H31NO6S/c1-12-4-5-15-13(2)16(20-8-10-27(21,22)11-9-20)23-17-19(15)14(12)6-7-18(3,24-17)25-26-19/h12-17H,4-11H2,1-3H3/t12-,13-,14+,15+,16-,17-,18-,19-/m1/s1/i8+1,9+1,10+1,11+1. The van der Waals surface area contributed by atoms with Crippen molar-refractivity contribution >= 4 is 9.84 Å². The van der Waals surface area contributed by atoms with Crippen LogP contribution in [0.2, 0.25) is 0 Å². The summed E-state index contributed by atoms with van der Waals surface area (Å²) in [6.45, 7) is 7.51. The quantitative estimate of drug-likeness (QED) is 0.487. The maximum Gasteiger partial charge on any atom is 0.201 e. The average molecular weight is 405 g/mol. The summed E-state index contributed by atoms with van der Waals surface area (Å²) in [4.78, 5) is 14.2. The first-order chi connectivity index (χ1) is 12.7. The zero-order valence-corrected chi connectivity index (χ0v) is 17.2. The Bertz CT molecular complexity index is 701. The van der Waals surface area contributed by atoms with E-state index in [0.717, 1.165) is 19.3 Å². The van der Waals surface area contributed by atoms with Gasteiger partial charge in [-0.2, -0.15) is 0 Å². The van der Waals surface area contributed by atoms with Gasteiger partial charge in [0.05, 0.1) is 11.5 Å². The molecule has 6 aliphatic rings. The normalized spacial score (nSPS) is 54.9. The molecule has 1 saturated carbocycles. The molecule has 2 bridgehead atoms. The lowest BCUT2D eigenvalue weighted by Crippen LogP contribution is -2.72. The van der Waals surface area contributed by atoms with Crippen LogP contribution >= 0.6 is 0 Å². The van der Waals surface area contributed by atoms with Gasteiger partial charge in [-0.1, -0.05) is 13.8 Å². The van der Waals surface area contributed by atoms with Gasteiger partial charge in [-0.25, -0.2) is 18.2 Å². The largest absolute Gasteiger partial charge is 0.331 e. The van der Waals surface area contributed by atoms with E-state index in [0.29, 0.717) is 24.9 Å². The second-order valence-corrected chi connectivity index (χ2v) is 11.8. The second kappa shape index (κ2) is 6.12. The van der Waals surface area contributed by atoms with Crippen LogP contribution in [-0.4, -0.2) is 61.8 Å². The van der Waals surface area contributed by atoms with Crippen molar-refractivity contribution in [1.29, 1.82) is 0 Å². The van der Waals surface area contributed by atoms with Gasteiger partial charge in [-0.05, 0) is 38.0 Å². The van der Waals surface area contributed by atoms with Crippen LogP contribution in [0.1, 0.15) is 46.5 Å². The van der Waals surface area contributed by atoms with Crippen LogP contribution in [0.3, 0.4) is 0 Å². The van der Waals surface area contributed by atoms with Crippen LogP contribution < -0.4 is 0 Å². The molecule has 7 nitrogen and oxygen atoms in total. The molecule has 154 valence electrons. The minimum Gasteiger partial charge on any atom is -0.331 e. The first-order valence-corrected chi connectivity index (χ1v) is 12.2. The monoisotopic (exact) mass is 405 g/mol. The molecule has 0 aromatic rings. The molecule has 0 amide bonds. The first kappa shape index (κ1) is 18.8. The zero-order valence-electron chi connectivity index (χ0n) is 16.4. The maximum atomic E-state index is 11.9. The van der Waals surface area contributed by atoms with Gasteiger partial charge in [0.25, 0.3) is 0 Å². The third-order valence-corrected chi connectivity index (χ3v) is 9.47. The summed E-state index contributed by atoms with van der Waals surface area (Å²) in [7, 11) is -2.92. The molecule has 27 heavy (non-hydrogen) atoms. The second-order valence-electron chi connectivity index (χ2n) is 9.48. The Balaban J connectivity index is 1.48. The molecule has 0 radical (unpaired) electrons. The summed E-state index contributed by atoms with van der Waals surface area (Å²) in [5.74, 6) is 1.05. The highest BCUT2D eigenvalue weighted by molar-refractivity contribution is 7.91. The van der Waals surface area contributed by atoms with Crippen LogP contribution in [0.5, 0.6) is 0 Å². The fourth-order valence-corrected chi connectivity index (χ4v) is 7.51. The van der Waals surface area contributed by atoms with Crippen LogP contribution in [0.15, 0.2) is 0 Å². The molecule has 5 aliphatic heterocycles. The van der Waals surface area contributed by atoms with E-state index >= 15 is 0 Å². The van der Waals surface area contributed by atoms with Crippen molar-refractivity contribution in [3.8, 4) is 0 Å². The molecular weight excluding hydrogens is 374 g/mol. The predicted octanol–water partition coefficient (Wildman–Crippen LogP) is 1.92. The van der Waals surface area contributed by atoms with Crippen LogP contribution in [-0.2, 0) is 29.1 Å².